The highest BCUT2D eigenvalue weighted by Crippen LogP contribution is 2.36. The molecule has 1 aliphatic rings. The summed E-state index contributed by atoms with van der Waals surface area (Å²) in [6.45, 7) is 1.85. The van der Waals surface area contributed by atoms with Crippen molar-refractivity contribution in [1.29, 1.82) is 0 Å². The minimum Gasteiger partial charge on any atom is -0.467 e. The van der Waals surface area contributed by atoms with E-state index >= 15 is 0 Å². The Hall–Kier alpha value is -1.98. The summed E-state index contributed by atoms with van der Waals surface area (Å²) in [6, 6.07) is 3.34. The SMILES string of the molecule is CC(NC(=O)C1(C(N)=NO)CCCCCC1)c1ccco1. The van der Waals surface area contributed by atoms with Crippen LogP contribution in [0.2, 0.25) is 0 Å². The highest BCUT2D eigenvalue weighted by atomic mass is 16.4. The zero-order valence-corrected chi connectivity index (χ0v) is 12.3. The van der Waals surface area contributed by atoms with Crippen LogP contribution >= 0.6 is 0 Å². The highest BCUT2D eigenvalue weighted by Gasteiger charge is 2.43. The van der Waals surface area contributed by atoms with Crippen molar-refractivity contribution in [2.24, 2.45) is 16.3 Å². The normalized spacial score (nSPS) is 20.5. The predicted molar refractivity (Wildman–Crippen MR) is 78.8 cm³/mol. The summed E-state index contributed by atoms with van der Waals surface area (Å²) in [5, 5.41) is 15.1. The molecule has 1 aromatic rings. The van der Waals surface area contributed by atoms with Gasteiger partial charge >= 0.3 is 0 Å². The number of hydrogen-bond acceptors (Lipinski definition) is 4. The van der Waals surface area contributed by atoms with E-state index in [0.29, 0.717) is 18.6 Å². The Kier molecular flexibility index (Phi) is 4.88. The van der Waals surface area contributed by atoms with E-state index < -0.39 is 5.41 Å². The van der Waals surface area contributed by atoms with Crippen LogP contribution in [0, 0.1) is 5.41 Å². The third kappa shape index (κ3) is 3.20. The van der Waals surface area contributed by atoms with E-state index in [2.05, 4.69) is 10.5 Å². The van der Waals surface area contributed by atoms with E-state index in [1.165, 1.54) is 0 Å². The van der Waals surface area contributed by atoms with E-state index in [-0.39, 0.29) is 17.8 Å². The molecule has 1 aromatic heterocycles. The molecular weight excluding hydrogens is 270 g/mol. The first kappa shape index (κ1) is 15.4. The molecule has 1 unspecified atom stereocenters. The molecule has 0 bridgehead atoms. The van der Waals surface area contributed by atoms with Crippen molar-refractivity contribution in [2.75, 3.05) is 0 Å². The number of rotatable bonds is 4. The van der Waals surface area contributed by atoms with E-state index in [9.17, 15) is 4.79 Å². The van der Waals surface area contributed by atoms with E-state index in [0.717, 1.165) is 25.7 Å². The fraction of sp³-hybridized carbons (Fsp3) is 0.600. The van der Waals surface area contributed by atoms with Gasteiger partial charge in [-0.15, -0.1) is 0 Å². The molecule has 0 aromatic carbocycles. The van der Waals surface area contributed by atoms with Crippen molar-refractivity contribution in [1.82, 2.24) is 5.32 Å². The van der Waals surface area contributed by atoms with Crippen molar-refractivity contribution < 1.29 is 14.4 Å². The molecular formula is C15H23N3O3. The number of amidine groups is 1. The summed E-state index contributed by atoms with van der Waals surface area (Å²) >= 11 is 0. The minimum absolute atomic E-state index is 0.00791. The van der Waals surface area contributed by atoms with Gasteiger partial charge in [0.15, 0.2) is 5.84 Å². The third-order valence-corrected chi connectivity index (χ3v) is 4.31. The summed E-state index contributed by atoms with van der Waals surface area (Å²) in [5.74, 6) is 0.503. The Morgan fingerprint density at radius 2 is 2.10 bits per heavy atom. The Morgan fingerprint density at radius 1 is 1.43 bits per heavy atom. The number of amides is 1. The third-order valence-electron chi connectivity index (χ3n) is 4.31. The number of hydrogen-bond donors (Lipinski definition) is 3. The molecule has 116 valence electrons. The zero-order chi connectivity index (χ0) is 15.3. The number of carbonyl (C=O) groups is 1. The van der Waals surface area contributed by atoms with Crippen molar-refractivity contribution in [2.45, 2.75) is 51.5 Å². The molecule has 1 amide bonds. The van der Waals surface area contributed by atoms with Crippen LogP contribution in [0.25, 0.3) is 0 Å². The monoisotopic (exact) mass is 293 g/mol. The van der Waals surface area contributed by atoms with Gasteiger partial charge in [0.25, 0.3) is 0 Å². The van der Waals surface area contributed by atoms with Crippen LogP contribution < -0.4 is 11.1 Å². The summed E-state index contributed by atoms with van der Waals surface area (Å²) < 4.78 is 5.30. The molecule has 2 rings (SSSR count). The van der Waals surface area contributed by atoms with Crippen molar-refractivity contribution in [3.8, 4) is 0 Å². The molecule has 21 heavy (non-hydrogen) atoms. The molecule has 1 atom stereocenters. The average Bonchev–Trinajstić information content (AvgIpc) is 2.91. The van der Waals surface area contributed by atoms with Crippen LogP contribution in [0.5, 0.6) is 0 Å². The summed E-state index contributed by atoms with van der Waals surface area (Å²) in [6.07, 6.45) is 6.74. The first-order chi connectivity index (χ1) is 10.1. The standard InChI is InChI=1S/C15H23N3O3/c1-11(12-7-6-10-21-12)17-14(19)15(13(16)18-20)8-4-2-3-5-9-15/h6-7,10-11,20H,2-5,8-9H2,1H3,(H2,16,18)(H,17,19). The molecule has 4 N–H and O–H groups in total. The molecule has 1 heterocycles. The van der Waals surface area contributed by atoms with Crippen molar-refractivity contribution in [3.05, 3.63) is 24.2 Å². The van der Waals surface area contributed by atoms with Crippen molar-refractivity contribution >= 4 is 11.7 Å². The zero-order valence-electron chi connectivity index (χ0n) is 12.3. The summed E-state index contributed by atoms with van der Waals surface area (Å²) in [4.78, 5) is 12.8. The Bertz CT molecular complexity index is 488. The van der Waals surface area contributed by atoms with Crippen LogP contribution in [0.4, 0.5) is 0 Å². The molecule has 0 aliphatic heterocycles. The number of oxime groups is 1. The Labute approximate surface area is 124 Å². The van der Waals surface area contributed by atoms with Gasteiger partial charge < -0.3 is 20.7 Å². The second-order valence-corrected chi connectivity index (χ2v) is 5.69. The quantitative estimate of drug-likeness (QED) is 0.261. The maximum atomic E-state index is 12.8. The van der Waals surface area contributed by atoms with Gasteiger partial charge in [-0.3, -0.25) is 4.79 Å². The van der Waals surface area contributed by atoms with Crippen LogP contribution in [0.3, 0.4) is 0 Å². The lowest BCUT2D eigenvalue weighted by atomic mass is 9.78. The lowest BCUT2D eigenvalue weighted by Gasteiger charge is -2.31. The predicted octanol–water partition coefficient (Wildman–Crippen LogP) is 2.54. The number of furan rings is 1. The van der Waals surface area contributed by atoms with Gasteiger partial charge in [0.05, 0.1) is 12.3 Å². The van der Waals surface area contributed by atoms with E-state index in [1.807, 2.05) is 13.0 Å². The van der Waals surface area contributed by atoms with Crippen LogP contribution in [-0.4, -0.2) is 17.0 Å². The maximum Gasteiger partial charge on any atom is 0.234 e. The number of nitrogens with zero attached hydrogens (tertiary/aromatic N) is 1. The first-order valence-corrected chi connectivity index (χ1v) is 7.42. The fourth-order valence-corrected chi connectivity index (χ4v) is 2.97. The van der Waals surface area contributed by atoms with Crippen LogP contribution in [0.1, 0.15) is 57.3 Å². The number of nitrogens with one attached hydrogen (secondary N) is 1. The molecule has 1 fully saturated rings. The molecule has 1 saturated carbocycles. The van der Waals surface area contributed by atoms with Gasteiger partial charge in [0.2, 0.25) is 5.91 Å². The van der Waals surface area contributed by atoms with E-state index in [4.69, 9.17) is 15.4 Å². The lowest BCUT2D eigenvalue weighted by Crippen LogP contribution is -2.50. The van der Waals surface area contributed by atoms with Gasteiger partial charge in [-0.2, -0.15) is 0 Å². The van der Waals surface area contributed by atoms with Gasteiger partial charge in [0, 0.05) is 0 Å². The van der Waals surface area contributed by atoms with Gasteiger partial charge in [-0.1, -0.05) is 30.8 Å². The van der Waals surface area contributed by atoms with Gasteiger partial charge in [0.1, 0.15) is 11.2 Å². The maximum absolute atomic E-state index is 12.8. The average molecular weight is 293 g/mol. The number of nitrogens with two attached hydrogens (primary N) is 1. The summed E-state index contributed by atoms with van der Waals surface area (Å²) in [5.41, 5.74) is 4.95. The second-order valence-electron chi connectivity index (χ2n) is 5.69. The summed E-state index contributed by atoms with van der Waals surface area (Å²) in [7, 11) is 0. The second kappa shape index (κ2) is 6.65. The van der Waals surface area contributed by atoms with E-state index in [1.54, 1.807) is 12.3 Å². The largest absolute Gasteiger partial charge is 0.467 e. The smallest absolute Gasteiger partial charge is 0.234 e. The van der Waals surface area contributed by atoms with Crippen molar-refractivity contribution in [3.63, 3.8) is 0 Å². The lowest BCUT2D eigenvalue weighted by molar-refractivity contribution is -0.129. The first-order valence-electron chi connectivity index (χ1n) is 7.42. The van der Waals surface area contributed by atoms with Gasteiger partial charge in [-0.05, 0) is 31.9 Å². The van der Waals surface area contributed by atoms with Gasteiger partial charge in [-0.25, -0.2) is 0 Å². The fourth-order valence-electron chi connectivity index (χ4n) is 2.97. The number of carbonyl (C=O) groups excluding carboxylic acids is 1. The minimum atomic E-state index is -0.911. The van der Waals surface area contributed by atoms with Crippen LogP contribution in [-0.2, 0) is 4.79 Å². The van der Waals surface area contributed by atoms with Crippen LogP contribution in [0.15, 0.2) is 28.0 Å². The molecule has 6 heteroatoms. The molecule has 0 saturated heterocycles. The topological polar surface area (TPSA) is 101 Å². The highest BCUT2D eigenvalue weighted by molar-refractivity contribution is 6.06. The molecule has 0 radical (unpaired) electrons. The molecule has 0 spiro atoms. The molecule has 1 aliphatic carbocycles. The Morgan fingerprint density at radius 3 is 2.62 bits per heavy atom. The molecule has 6 nitrogen and oxygen atoms in total. The Balaban J connectivity index is 2.18.